The van der Waals surface area contributed by atoms with Crippen molar-refractivity contribution in [2.45, 2.75) is 64.7 Å². The van der Waals surface area contributed by atoms with Crippen LogP contribution in [0.4, 0.5) is 0 Å². The number of unbranched alkanes of at least 4 members (excludes halogenated alkanes) is 4. The summed E-state index contributed by atoms with van der Waals surface area (Å²) < 4.78 is 0. The number of hydrogen-bond acceptors (Lipinski definition) is 3. The lowest BCUT2D eigenvalue weighted by Crippen LogP contribution is -2.43. The zero-order valence-electron chi connectivity index (χ0n) is 11.3. The van der Waals surface area contributed by atoms with Crippen molar-refractivity contribution < 1.29 is 0 Å². The van der Waals surface area contributed by atoms with Crippen molar-refractivity contribution in [3.8, 4) is 0 Å². The van der Waals surface area contributed by atoms with Crippen LogP contribution in [0.5, 0.6) is 0 Å². The molecule has 0 bridgehead atoms. The van der Waals surface area contributed by atoms with E-state index >= 15 is 0 Å². The first kappa shape index (κ1) is 14.4. The zero-order valence-corrected chi connectivity index (χ0v) is 11.3. The van der Waals surface area contributed by atoms with Crippen LogP contribution in [0.2, 0.25) is 0 Å². The van der Waals surface area contributed by atoms with E-state index < -0.39 is 0 Å². The van der Waals surface area contributed by atoms with Gasteiger partial charge in [0.15, 0.2) is 0 Å². The van der Waals surface area contributed by atoms with Gasteiger partial charge in [-0.15, -0.1) is 0 Å². The average Bonchev–Trinajstić information content (AvgIpc) is 2.76. The van der Waals surface area contributed by atoms with E-state index in [1.165, 1.54) is 32.1 Å². The first-order valence-electron chi connectivity index (χ1n) is 6.93. The van der Waals surface area contributed by atoms with Gasteiger partial charge in [-0.25, -0.2) is 0 Å². The third kappa shape index (κ3) is 5.46. The summed E-state index contributed by atoms with van der Waals surface area (Å²) in [5.41, 5.74) is 5.90. The molecule has 0 aromatic rings. The van der Waals surface area contributed by atoms with Crippen molar-refractivity contribution in [1.82, 2.24) is 4.90 Å². The van der Waals surface area contributed by atoms with Crippen molar-refractivity contribution in [1.29, 1.82) is 0 Å². The maximum absolute atomic E-state index is 5.90. The van der Waals surface area contributed by atoms with Gasteiger partial charge in [-0.2, -0.15) is 0 Å². The number of allylic oxidation sites excluding steroid dienone is 1. The molecule has 2 atom stereocenters. The highest BCUT2D eigenvalue weighted by Gasteiger charge is 2.22. The molecule has 3 nitrogen and oxygen atoms in total. The molecule has 0 fully saturated rings. The van der Waals surface area contributed by atoms with Gasteiger partial charge in [-0.1, -0.05) is 38.3 Å². The minimum absolute atomic E-state index is 0.0976. The Labute approximate surface area is 106 Å². The van der Waals surface area contributed by atoms with Gasteiger partial charge < -0.3 is 5.73 Å². The molecule has 0 saturated heterocycles. The molecule has 0 aromatic heterocycles. The Balaban J connectivity index is 2.12. The first-order valence-corrected chi connectivity index (χ1v) is 6.93. The highest BCUT2D eigenvalue weighted by molar-refractivity contribution is 5.62. The number of aliphatic imine (C=N–C) groups is 1. The minimum atomic E-state index is 0.0976. The topological polar surface area (TPSA) is 41.6 Å². The second-order valence-electron chi connectivity index (χ2n) is 4.81. The van der Waals surface area contributed by atoms with Crippen molar-refractivity contribution in [3.63, 3.8) is 0 Å². The van der Waals surface area contributed by atoms with Crippen LogP contribution in [0.15, 0.2) is 17.1 Å². The van der Waals surface area contributed by atoms with E-state index in [0.29, 0.717) is 0 Å². The van der Waals surface area contributed by atoms with Gasteiger partial charge in [-0.3, -0.25) is 9.89 Å². The van der Waals surface area contributed by atoms with Crippen LogP contribution in [0.1, 0.15) is 52.4 Å². The molecule has 1 rings (SSSR count). The summed E-state index contributed by atoms with van der Waals surface area (Å²) in [5, 5.41) is 0. The number of nitrogens with zero attached hydrogens (tertiary/aromatic N) is 2. The average molecular weight is 237 g/mol. The lowest BCUT2D eigenvalue weighted by Gasteiger charge is -2.25. The second kappa shape index (κ2) is 8.43. The molecule has 0 aromatic carbocycles. The molecule has 2 unspecified atom stereocenters. The zero-order chi connectivity index (χ0) is 12.5. The highest BCUT2D eigenvalue weighted by Crippen LogP contribution is 2.13. The van der Waals surface area contributed by atoms with E-state index in [1.807, 2.05) is 13.1 Å². The molecular weight excluding hydrogens is 210 g/mol. The van der Waals surface area contributed by atoms with E-state index in [4.69, 9.17) is 5.73 Å². The van der Waals surface area contributed by atoms with E-state index in [9.17, 15) is 0 Å². The Morgan fingerprint density at radius 1 is 1.41 bits per heavy atom. The molecule has 0 aliphatic carbocycles. The second-order valence-corrected chi connectivity index (χ2v) is 4.81. The molecule has 0 radical (unpaired) electrons. The predicted molar refractivity (Wildman–Crippen MR) is 75.2 cm³/mol. The fraction of sp³-hybridized carbons (Fsp3) is 0.786. The summed E-state index contributed by atoms with van der Waals surface area (Å²) in [6.07, 6.45) is 14.4. The van der Waals surface area contributed by atoms with Crippen LogP contribution in [-0.2, 0) is 0 Å². The lowest BCUT2D eigenvalue weighted by molar-refractivity contribution is 0.194. The summed E-state index contributed by atoms with van der Waals surface area (Å²) in [6, 6.07) is 0. The monoisotopic (exact) mass is 237 g/mol. The summed E-state index contributed by atoms with van der Waals surface area (Å²) in [7, 11) is 0. The number of hydrogen-bond donors (Lipinski definition) is 1. The van der Waals surface area contributed by atoms with E-state index in [1.54, 1.807) is 0 Å². The van der Waals surface area contributed by atoms with Crippen LogP contribution in [0.3, 0.4) is 0 Å². The molecule has 0 amide bonds. The Bertz CT molecular complexity index is 246. The molecule has 0 spiro atoms. The molecule has 3 heteroatoms. The van der Waals surface area contributed by atoms with Crippen molar-refractivity contribution in [3.05, 3.63) is 12.2 Å². The van der Waals surface area contributed by atoms with Gasteiger partial charge in [-0.05, 0) is 19.8 Å². The van der Waals surface area contributed by atoms with Crippen molar-refractivity contribution in [2.75, 3.05) is 6.54 Å². The van der Waals surface area contributed by atoms with E-state index in [2.05, 4.69) is 29.0 Å². The molecular formula is C14H27N3. The third-order valence-corrected chi connectivity index (χ3v) is 3.21. The normalized spacial score (nSPS) is 22.6. The molecule has 1 aliphatic heterocycles. The molecule has 17 heavy (non-hydrogen) atoms. The van der Waals surface area contributed by atoms with Crippen LogP contribution < -0.4 is 5.73 Å². The SMILES string of the molecule is CCCCCC/C=C/CC1N=CCN1C(C)N. The highest BCUT2D eigenvalue weighted by atomic mass is 15.3. The van der Waals surface area contributed by atoms with E-state index in [-0.39, 0.29) is 12.3 Å². The van der Waals surface area contributed by atoms with Gasteiger partial charge in [0.05, 0.1) is 6.17 Å². The molecule has 1 heterocycles. The van der Waals surface area contributed by atoms with Gasteiger partial charge >= 0.3 is 0 Å². The van der Waals surface area contributed by atoms with E-state index in [0.717, 1.165) is 13.0 Å². The predicted octanol–water partition coefficient (Wildman–Crippen LogP) is 2.92. The largest absolute Gasteiger partial charge is 0.316 e. The molecule has 98 valence electrons. The number of rotatable bonds is 8. The smallest absolute Gasteiger partial charge is 0.107 e. The summed E-state index contributed by atoms with van der Waals surface area (Å²) in [4.78, 5) is 6.68. The van der Waals surface area contributed by atoms with Gasteiger partial charge in [0.1, 0.15) is 6.17 Å². The Kier molecular flexibility index (Phi) is 7.13. The maximum Gasteiger partial charge on any atom is 0.107 e. The van der Waals surface area contributed by atoms with Crippen LogP contribution in [0, 0.1) is 0 Å². The lowest BCUT2D eigenvalue weighted by atomic mass is 10.1. The number of nitrogens with two attached hydrogens (primary N) is 1. The van der Waals surface area contributed by atoms with Gasteiger partial charge in [0.2, 0.25) is 0 Å². The summed E-state index contributed by atoms with van der Waals surface area (Å²) in [5.74, 6) is 0. The standard InChI is InChI=1S/C14H27N3/c1-3-4-5-6-7-8-9-10-14-16-11-12-17(14)13(2)15/h8-9,11,13-14H,3-7,10,12,15H2,1-2H3/b9-8+. The fourth-order valence-corrected chi connectivity index (χ4v) is 2.13. The van der Waals surface area contributed by atoms with Crippen LogP contribution in [-0.4, -0.2) is 30.0 Å². The maximum atomic E-state index is 5.90. The quantitative estimate of drug-likeness (QED) is 0.521. The summed E-state index contributed by atoms with van der Waals surface area (Å²) >= 11 is 0. The Morgan fingerprint density at radius 2 is 2.24 bits per heavy atom. The minimum Gasteiger partial charge on any atom is -0.316 e. The van der Waals surface area contributed by atoms with Crippen molar-refractivity contribution >= 4 is 6.21 Å². The molecule has 1 aliphatic rings. The molecule has 2 N–H and O–H groups in total. The Hall–Kier alpha value is -0.670. The van der Waals surface area contributed by atoms with Crippen molar-refractivity contribution in [2.24, 2.45) is 10.7 Å². The van der Waals surface area contributed by atoms with Crippen LogP contribution >= 0.6 is 0 Å². The third-order valence-electron chi connectivity index (χ3n) is 3.21. The molecule has 0 saturated carbocycles. The Morgan fingerprint density at radius 3 is 2.94 bits per heavy atom. The van der Waals surface area contributed by atoms with Crippen LogP contribution in [0.25, 0.3) is 0 Å². The van der Waals surface area contributed by atoms with Gasteiger partial charge in [0.25, 0.3) is 0 Å². The first-order chi connectivity index (χ1) is 8.25. The summed E-state index contributed by atoms with van der Waals surface area (Å²) in [6.45, 7) is 5.17. The fourth-order valence-electron chi connectivity index (χ4n) is 2.13. The van der Waals surface area contributed by atoms with Gasteiger partial charge in [0, 0.05) is 19.2 Å².